The van der Waals surface area contributed by atoms with Gasteiger partial charge in [-0.1, -0.05) is 12.1 Å². The fourth-order valence-electron chi connectivity index (χ4n) is 2.30. The number of aromatic hydroxyl groups is 1. The number of carboxylic acids is 1. The summed E-state index contributed by atoms with van der Waals surface area (Å²) >= 11 is 6.63. The molecule has 138 valence electrons. The minimum atomic E-state index is -1.20. The minimum Gasteiger partial charge on any atom is -0.507 e. The van der Waals surface area contributed by atoms with Gasteiger partial charge < -0.3 is 25.6 Å². The molecule has 3 aromatic rings. The average Bonchev–Trinajstić information content (AvgIpc) is 3.09. The summed E-state index contributed by atoms with van der Waals surface area (Å²) in [5.41, 5.74) is 1.99. The zero-order valence-electron chi connectivity index (χ0n) is 14.1. The number of benzene rings is 2. The SMILES string of the molecule is COc1cccc(-c2csc(NC(=S)Nc3ccc(C(=O)O)c(O)c3)n2)c1. The highest BCUT2D eigenvalue weighted by atomic mass is 32.1. The van der Waals surface area contributed by atoms with Gasteiger partial charge in [-0.3, -0.25) is 0 Å². The number of methoxy groups -OCH3 is 1. The van der Waals surface area contributed by atoms with E-state index in [1.807, 2.05) is 29.6 Å². The van der Waals surface area contributed by atoms with Crippen LogP contribution in [-0.2, 0) is 0 Å². The maximum absolute atomic E-state index is 10.9. The number of anilines is 2. The second kappa shape index (κ2) is 8.02. The molecule has 0 saturated carbocycles. The molecule has 7 nitrogen and oxygen atoms in total. The number of nitrogens with one attached hydrogen (secondary N) is 2. The van der Waals surface area contributed by atoms with Crippen LogP contribution in [0.4, 0.5) is 10.8 Å². The first-order valence-electron chi connectivity index (χ1n) is 7.70. The summed E-state index contributed by atoms with van der Waals surface area (Å²) < 4.78 is 5.22. The Balaban J connectivity index is 1.67. The Morgan fingerprint density at radius 3 is 2.74 bits per heavy atom. The summed E-state index contributed by atoms with van der Waals surface area (Å²) in [5, 5.41) is 27.3. The fourth-order valence-corrected chi connectivity index (χ4v) is 3.30. The Hall–Kier alpha value is -3.17. The standard InChI is InChI=1S/C18H15N3O4S2/c1-25-12-4-2-3-10(7-12)14-9-27-18(20-14)21-17(26)19-11-5-6-13(16(23)24)15(22)8-11/h2-9,22H,1H3,(H,23,24)(H2,19,20,21,26). The maximum Gasteiger partial charge on any atom is 0.339 e. The van der Waals surface area contributed by atoms with E-state index in [1.165, 1.54) is 29.5 Å². The van der Waals surface area contributed by atoms with Gasteiger partial charge in [0.2, 0.25) is 0 Å². The summed E-state index contributed by atoms with van der Waals surface area (Å²) in [5.74, 6) is -0.797. The van der Waals surface area contributed by atoms with E-state index in [2.05, 4.69) is 15.6 Å². The van der Waals surface area contributed by atoms with Gasteiger partial charge in [0.25, 0.3) is 0 Å². The van der Waals surface area contributed by atoms with Crippen LogP contribution in [0, 0.1) is 0 Å². The van der Waals surface area contributed by atoms with E-state index >= 15 is 0 Å². The van der Waals surface area contributed by atoms with Crippen LogP contribution in [0.2, 0.25) is 0 Å². The van der Waals surface area contributed by atoms with Crippen LogP contribution in [0.1, 0.15) is 10.4 Å². The topological polar surface area (TPSA) is 104 Å². The Kier molecular flexibility index (Phi) is 5.53. The highest BCUT2D eigenvalue weighted by molar-refractivity contribution is 7.80. The molecule has 0 amide bonds. The lowest BCUT2D eigenvalue weighted by Gasteiger charge is -2.09. The van der Waals surface area contributed by atoms with Crippen molar-refractivity contribution in [2.45, 2.75) is 0 Å². The predicted octanol–water partition coefficient (Wildman–Crippen LogP) is 4.03. The maximum atomic E-state index is 10.9. The molecule has 9 heteroatoms. The zero-order chi connectivity index (χ0) is 19.4. The van der Waals surface area contributed by atoms with Gasteiger partial charge in [0.15, 0.2) is 10.2 Å². The van der Waals surface area contributed by atoms with Crippen molar-refractivity contribution in [3.05, 3.63) is 53.4 Å². The molecular formula is C18H15N3O4S2. The number of aromatic carboxylic acids is 1. The van der Waals surface area contributed by atoms with E-state index < -0.39 is 5.97 Å². The van der Waals surface area contributed by atoms with Gasteiger partial charge in [-0.2, -0.15) is 0 Å². The Morgan fingerprint density at radius 2 is 2.04 bits per heavy atom. The quantitative estimate of drug-likeness (QED) is 0.475. The molecule has 3 rings (SSSR count). The van der Waals surface area contributed by atoms with Gasteiger partial charge in [-0.05, 0) is 36.5 Å². The first-order chi connectivity index (χ1) is 13.0. The van der Waals surface area contributed by atoms with E-state index in [0.29, 0.717) is 10.8 Å². The summed E-state index contributed by atoms with van der Waals surface area (Å²) in [6.07, 6.45) is 0. The van der Waals surface area contributed by atoms with Crippen molar-refractivity contribution in [2.75, 3.05) is 17.7 Å². The molecule has 1 aromatic heterocycles. The lowest BCUT2D eigenvalue weighted by Crippen LogP contribution is -2.19. The van der Waals surface area contributed by atoms with E-state index in [1.54, 1.807) is 7.11 Å². The van der Waals surface area contributed by atoms with Crippen LogP contribution in [0.5, 0.6) is 11.5 Å². The summed E-state index contributed by atoms with van der Waals surface area (Å²) in [6.45, 7) is 0. The normalized spacial score (nSPS) is 10.3. The number of aromatic nitrogens is 1. The number of phenols is 1. The number of hydrogen-bond donors (Lipinski definition) is 4. The molecule has 27 heavy (non-hydrogen) atoms. The third-order valence-corrected chi connectivity index (χ3v) is 4.54. The van der Waals surface area contributed by atoms with Gasteiger partial charge in [0.05, 0.1) is 12.8 Å². The summed E-state index contributed by atoms with van der Waals surface area (Å²) in [6, 6.07) is 11.7. The van der Waals surface area contributed by atoms with E-state index in [0.717, 1.165) is 17.0 Å². The third-order valence-electron chi connectivity index (χ3n) is 3.58. The summed E-state index contributed by atoms with van der Waals surface area (Å²) in [4.78, 5) is 15.4. The fraction of sp³-hybridized carbons (Fsp3) is 0.0556. The highest BCUT2D eigenvalue weighted by Crippen LogP contribution is 2.28. The molecule has 0 atom stereocenters. The van der Waals surface area contributed by atoms with Crippen molar-refractivity contribution in [3.8, 4) is 22.8 Å². The first kappa shape index (κ1) is 18.6. The van der Waals surface area contributed by atoms with Crippen LogP contribution in [0.15, 0.2) is 47.8 Å². The Labute approximate surface area is 164 Å². The monoisotopic (exact) mass is 401 g/mol. The zero-order valence-corrected chi connectivity index (χ0v) is 15.7. The number of thiazole rings is 1. The molecule has 0 fully saturated rings. The van der Waals surface area contributed by atoms with Crippen LogP contribution < -0.4 is 15.4 Å². The van der Waals surface area contributed by atoms with Crippen molar-refractivity contribution in [3.63, 3.8) is 0 Å². The lowest BCUT2D eigenvalue weighted by molar-refractivity contribution is 0.0694. The number of carboxylic acid groups (broad SMARTS) is 1. The lowest BCUT2D eigenvalue weighted by atomic mass is 10.2. The average molecular weight is 401 g/mol. The molecule has 0 aliphatic heterocycles. The van der Waals surface area contributed by atoms with Crippen LogP contribution in [0.25, 0.3) is 11.3 Å². The highest BCUT2D eigenvalue weighted by Gasteiger charge is 2.11. The number of hydrogen-bond acceptors (Lipinski definition) is 6. The number of ether oxygens (including phenoxy) is 1. The molecule has 0 aliphatic carbocycles. The van der Waals surface area contributed by atoms with Gasteiger partial charge in [-0.25, -0.2) is 9.78 Å². The molecule has 0 saturated heterocycles. The second-order valence-corrected chi connectivity index (χ2v) is 6.65. The molecule has 0 bridgehead atoms. The molecule has 4 N–H and O–H groups in total. The number of rotatable bonds is 5. The minimum absolute atomic E-state index is 0.178. The Morgan fingerprint density at radius 1 is 1.22 bits per heavy atom. The molecule has 0 radical (unpaired) electrons. The molecule has 1 heterocycles. The molecule has 0 spiro atoms. The van der Waals surface area contributed by atoms with Gasteiger partial charge >= 0.3 is 5.97 Å². The molecule has 0 aliphatic rings. The number of thiocarbonyl (C=S) groups is 1. The number of carbonyl (C=O) groups is 1. The summed E-state index contributed by atoms with van der Waals surface area (Å²) in [7, 11) is 1.61. The van der Waals surface area contributed by atoms with Crippen LogP contribution in [0.3, 0.4) is 0 Å². The molecule has 2 aromatic carbocycles. The first-order valence-corrected chi connectivity index (χ1v) is 8.99. The second-order valence-electron chi connectivity index (χ2n) is 5.39. The molecule has 0 unspecified atom stereocenters. The molecular weight excluding hydrogens is 386 g/mol. The van der Waals surface area contributed by atoms with Gasteiger partial charge in [0.1, 0.15) is 17.1 Å². The third kappa shape index (κ3) is 4.52. The van der Waals surface area contributed by atoms with E-state index in [-0.39, 0.29) is 16.4 Å². The predicted molar refractivity (Wildman–Crippen MR) is 109 cm³/mol. The largest absolute Gasteiger partial charge is 0.507 e. The van der Waals surface area contributed by atoms with Crippen molar-refractivity contribution in [1.29, 1.82) is 0 Å². The van der Waals surface area contributed by atoms with Crippen molar-refractivity contribution < 1.29 is 19.7 Å². The van der Waals surface area contributed by atoms with Gasteiger partial charge in [-0.15, -0.1) is 11.3 Å². The van der Waals surface area contributed by atoms with Crippen LogP contribution in [-0.4, -0.2) is 33.4 Å². The van der Waals surface area contributed by atoms with Gasteiger partial charge in [0, 0.05) is 22.7 Å². The van der Waals surface area contributed by atoms with E-state index in [9.17, 15) is 9.90 Å². The van der Waals surface area contributed by atoms with Crippen molar-refractivity contribution >= 4 is 45.5 Å². The van der Waals surface area contributed by atoms with Crippen LogP contribution >= 0.6 is 23.6 Å². The van der Waals surface area contributed by atoms with E-state index in [4.69, 9.17) is 22.1 Å². The van der Waals surface area contributed by atoms with Crippen molar-refractivity contribution in [2.24, 2.45) is 0 Å². The van der Waals surface area contributed by atoms with Crippen molar-refractivity contribution in [1.82, 2.24) is 4.98 Å². The smallest absolute Gasteiger partial charge is 0.339 e. The Bertz CT molecular complexity index is 1000. The number of nitrogens with zero attached hydrogens (tertiary/aromatic N) is 1.